The number of halogens is 3. The lowest BCUT2D eigenvalue weighted by molar-refractivity contribution is -0.274. The van der Waals surface area contributed by atoms with Crippen LogP contribution in [0.3, 0.4) is 0 Å². The summed E-state index contributed by atoms with van der Waals surface area (Å²) in [6, 6.07) is 13.7. The minimum atomic E-state index is -4.76. The number of carbonyl (C=O) groups is 1. The van der Waals surface area contributed by atoms with Gasteiger partial charge in [0.15, 0.2) is 11.6 Å². The SMILES string of the molecule is O=C(Nc1n[nH]c2ccc(OCc3cccc(OC(F)(F)F)c3)cc12)c1ccco1. The molecular formula is C20H14F3N3O4. The summed E-state index contributed by atoms with van der Waals surface area (Å²) >= 11 is 0. The van der Waals surface area contributed by atoms with Crippen molar-refractivity contribution in [1.82, 2.24) is 10.2 Å². The molecule has 0 fully saturated rings. The lowest BCUT2D eigenvalue weighted by atomic mass is 10.2. The van der Waals surface area contributed by atoms with Crippen LogP contribution in [-0.2, 0) is 6.61 Å². The molecule has 4 rings (SSSR count). The molecule has 7 nitrogen and oxygen atoms in total. The predicted octanol–water partition coefficient (Wildman–Crippen LogP) is 4.89. The first-order valence-corrected chi connectivity index (χ1v) is 8.68. The maximum absolute atomic E-state index is 12.4. The number of H-pyrrole nitrogens is 1. The van der Waals surface area contributed by atoms with Crippen molar-refractivity contribution in [3.05, 3.63) is 72.2 Å². The molecule has 0 atom stereocenters. The highest BCUT2D eigenvalue weighted by atomic mass is 19.4. The topological polar surface area (TPSA) is 89.4 Å². The van der Waals surface area contributed by atoms with E-state index in [0.717, 1.165) is 0 Å². The normalized spacial score (nSPS) is 11.4. The summed E-state index contributed by atoms with van der Waals surface area (Å²) in [6.07, 6.45) is -3.37. The number of carbonyl (C=O) groups excluding carboxylic acids is 1. The fourth-order valence-corrected chi connectivity index (χ4v) is 2.75. The van der Waals surface area contributed by atoms with E-state index < -0.39 is 12.3 Å². The number of benzene rings is 2. The van der Waals surface area contributed by atoms with Gasteiger partial charge in [-0.15, -0.1) is 13.2 Å². The number of aromatic nitrogens is 2. The lowest BCUT2D eigenvalue weighted by Crippen LogP contribution is -2.17. The van der Waals surface area contributed by atoms with Crippen LogP contribution in [0.1, 0.15) is 16.1 Å². The van der Waals surface area contributed by atoms with E-state index in [1.165, 1.54) is 30.5 Å². The van der Waals surface area contributed by atoms with Crippen molar-refractivity contribution in [3.8, 4) is 11.5 Å². The number of aromatic amines is 1. The largest absolute Gasteiger partial charge is 0.573 e. The molecule has 10 heteroatoms. The summed E-state index contributed by atoms with van der Waals surface area (Å²) in [6.45, 7) is 0.0203. The fourth-order valence-electron chi connectivity index (χ4n) is 2.75. The van der Waals surface area contributed by atoms with Crippen molar-refractivity contribution in [1.29, 1.82) is 0 Å². The van der Waals surface area contributed by atoms with Crippen LogP contribution >= 0.6 is 0 Å². The van der Waals surface area contributed by atoms with Gasteiger partial charge in [0, 0.05) is 5.39 Å². The monoisotopic (exact) mass is 417 g/mol. The van der Waals surface area contributed by atoms with Crippen LogP contribution in [-0.4, -0.2) is 22.5 Å². The van der Waals surface area contributed by atoms with Crippen LogP contribution in [0.5, 0.6) is 11.5 Å². The minimum Gasteiger partial charge on any atom is -0.489 e. The molecule has 4 aromatic rings. The van der Waals surface area contributed by atoms with Crippen LogP contribution in [0.15, 0.2) is 65.3 Å². The molecule has 2 N–H and O–H groups in total. The van der Waals surface area contributed by atoms with Gasteiger partial charge in [0.1, 0.15) is 18.1 Å². The number of anilines is 1. The maximum Gasteiger partial charge on any atom is 0.573 e. The number of ether oxygens (including phenoxy) is 2. The summed E-state index contributed by atoms with van der Waals surface area (Å²) < 4.78 is 51.7. The zero-order chi connectivity index (χ0) is 21.1. The molecule has 0 aliphatic rings. The first-order chi connectivity index (χ1) is 14.4. The molecule has 0 radical (unpaired) electrons. The Labute approximate surface area is 167 Å². The van der Waals surface area contributed by atoms with E-state index in [4.69, 9.17) is 9.15 Å². The third kappa shape index (κ3) is 4.54. The summed E-state index contributed by atoms with van der Waals surface area (Å²) in [5.74, 6) is 0.0921. The van der Waals surface area contributed by atoms with Gasteiger partial charge in [-0.2, -0.15) is 5.10 Å². The van der Waals surface area contributed by atoms with Gasteiger partial charge in [0.2, 0.25) is 0 Å². The average molecular weight is 417 g/mol. The lowest BCUT2D eigenvalue weighted by Gasteiger charge is -2.11. The van der Waals surface area contributed by atoms with E-state index in [1.807, 2.05) is 0 Å². The Balaban J connectivity index is 1.47. The summed E-state index contributed by atoms with van der Waals surface area (Å²) in [7, 11) is 0. The quantitative estimate of drug-likeness (QED) is 0.467. The number of nitrogens with one attached hydrogen (secondary N) is 2. The van der Waals surface area contributed by atoms with Crippen molar-refractivity contribution in [3.63, 3.8) is 0 Å². The number of rotatable bonds is 6. The Morgan fingerprint density at radius 2 is 1.97 bits per heavy atom. The third-order valence-corrected chi connectivity index (χ3v) is 4.05. The molecular weight excluding hydrogens is 403 g/mol. The van der Waals surface area contributed by atoms with Crippen LogP contribution < -0.4 is 14.8 Å². The molecule has 0 bridgehead atoms. The van der Waals surface area contributed by atoms with E-state index in [2.05, 4.69) is 20.3 Å². The number of hydrogen-bond donors (Lipinski definition) is 2. The number of furan rings is 1. The van der Waals surface area contributed by atoms with E-state index in [9.17, 15) is 18.0 Å². The molecule has 0 saturated heterocycles. The first-order valence-electron chi connectivity index (χ1n) is 8.68. The second kappa shape index (κ2) is 7.82. The zero-order valence-corrected chi connectivity index (χ0v) is 15.2. The van der Waals surface area contributed by atoms with Gasteiger partial charge in [0.05, 0.1) is 11.8 Å². The summed E-state index contributed by atoms with van der Waals surface area (Å²) in [5, 5.41) is 10.1. The number of amides is 1. The molecule has 0 spiro atoms. The molecule has 154 valence electrons. The molecule has 0 unspecified atom stereocenters. The Bertz CT molecular complexity index is 1170. The van der Waals surface area contributed by atoms with Gasteiger partial charge in [-0.1, -0.05) is 12.1 Å². The molecule has 2 heterocycles. The van der Waals surface area contributed by atoms with Gasteiger partial charge < -0.3 is 19.2 Å². The Kier molecular flexibility index (Phi) is 5.05. The van der Waals surface area contributed by atoms with Gasteiger partial charge in [-0.05, 0) is 48.0 Å². The van der Waals surface area contributed by atoms with Gasteiger partial charge in [-0.25, -0.2) is 0 Å². The molecule has 0 aliphatic carbocycles. The van der Waals surface area contributed by atoms with Gasteiger partial charge in [0.25, 0.3) is 5.91 Å². The van der Waals surface area contributed by atoms with Crippen LogP contribution in [0, 0.1) is 0 Å². The standard InChI is InChI=1S/C20H14F3N3O4/c21-20(22,23)30-14-4-1-3-12(9-14)11-29-13-6-7-16-15(10-13)18(26-25-16)24-19(27)17-5-2-8-28-17/h1-10H,11H2,(H2,24,25,26,27). The Hall–Kier alpha value is -3.95. The van der Waals surface area contributed by atoms with E-state index in [1.54, 1.807) is 30.3 Å². The van der Waals surface area contributed by atoms with Crippen LogP contribution in [0.25, 0.3) is 10.9 Å². The molecule has 0 saturated carbocycles. The zero-order valence-electron chi connectivity index (χ0n) is 15.2. The van der Waals surface area contributed by atoms with Gasteiger partial charge >= 0.3 is 6.36 Å². The highest BCUT2D eigenvalue weighted by Crippen LogP contribution is 2.27. The molecule has 2 aromatic carbocycles. The van der Waals surface area contributed by atoms with Crippen molar-refractivity contribution in [2.75, 3.05) is 5.32 Å². The third-order valence-electron chi connectivity index (χ3n) is 4.05. The highest BCUT2D eigenvalue weighted by molar-refractivity contribution is 6.06. The van der Waals surface area contributed by atoms with Crippen molar-refractivity contribution >= 4 is 22.6 Å². The fraction of sp³-hybridized carbons (Fsp3) is 0.100. The Morgan fingerprint density at radius 1 is 1.10 bits per heavy atom. The van der Waals surface area contributed by atoms with Crippen molar-refractivity contribution < 1.29 is 31.9 Å². The Morgan fingerprint density at radius 3 is 2.73 bits per heavy atom. The number of nitrogens with zero attached hydrogens (tertiary/aromatic N) is 1. The number of hydrogen-bond acceptors (Lipinski definition) is 5. The van der Waals surface area contributed by atoms with E-state index in [-0.39, 0.29) is 23.9 Å². The first kappa shape index (κ1) is 19.4. The second-order valence-electron chi connectivity index (χ2n) is 6.19. The molecule has 1 amide bonds. The summed E-state index contributed by atoms with van der Waals surface area (Å²) in [5.41, 5.74) is 1.16. The molecule has 30 heavy (non-hydrogen) atoms. The van der Waals surface area contributed by atoms with Crippen LogP contribution in [0.4, 0.5) is 19.0 Å². The number of fused-ring (bicyclic) bond motifs is 1. The van der Waals surface area contributed by atoms with E-state index in [0.29, 0.717) is 22.2 Å². The van der Waals surface area contributed by atoms with Crippen LogP contribution in [0.2, 0.25) is 0 Å². The highest BCUT2D eigenvalue weighted by Gasteiger charge is 2.31. The van der Waals surface area contributed by atoms with Gasteiger partial charge in [-0.3, -0.25) is 9.89 Å². The number of alkyl halides is 3. The molecule has 2 aromatic heterocycles. The second-order valence-corrected chi connectivity index (χ2v) is 6.19. The smallest absolute Gasteiger partial charge is 0.489 e. The van der Waals surface area contributed by atoms with Crippen molar-refractivity contribution in [2.24, 2.45) is 0 Å². The predicted molar refractivity (Wildman–Crippen MR) is 100 cm³/mol. The maximum atomic E-state index is 12.4. The summed E-state index contributed by atoms with van der Waals surface area (Å²) in [4.78, 5) is 12.2. The average Bonchev–Trinajstić information content (AvgIpc) is 3.36. The molecule has 0 aliphatic heterocycles. The van der Waals surface area contributed by atoms with Crippen molar-refractivity contribution in [2.45, 2.75) is 13.0 Å². The minimum absolute atomic E-state index is 0.0203. The van der Waals surface area contributed by atoms with E-state index >= 15 is 0 Å².